The zero-order valence-corrected chi connectivity index (χ0v) is 13.1. The summed E-state index contributed by atoms with van der Waals surface area (Å²) in [4.78, 5) is 1.60. The normalized spacial score (nSPS) is 10.6. The van der Waals surface area contributed by atoms with Gasteiger partial charge in [0.25, 0.3) is 0 Å². The Kier molecular flexibility index (Phi) is 4.11. The molecule has 0 bridgehead atoms. The van der Waals surface area contributed by atoms with Crippen LogP contribution in [-0.2, 0) is 0 Å². The molecule has 0 atom stereocenters. The average Bonchev–Trinajstić information content (AvgIpc) is 2.53. The molecule has 0 aliphatic heterocycles. The average molecular weight is 309 g/mol. The first-order valence-electron chi connectivity index (χ1n) is 7.44. The standard InChI is InChI=1S/C20H17F2N/c1-14-7-10-16(11-8-14)23(19-6-4-3-5-17(19)21)20-12-9-15(2)13-18(20)22/h3-13H,1-2H3. The molecule has 3 rings (SSSR count). The minimum Gasteiger partial charge on any atom is -0.305 e. The van der Waals surface area contributed by atoms with E-state index in [4.69, 9.17) is 0 Å². The third kappa shape index (κ3) is 3.09. The molecule has 0 unspecified atom stereocenters. The molecule has 0 amide bonds. The Bertz CT molecular complexity index is 825. The van der Waals surface area contributed by atoms with Crippen LogP contribution in [0.15, 0.2) is 66.7 Å². The first kappa shape index (κ1) is 15.2. The SMILES string of the molecule is Cc1ccc(N(c2ccccc2F)c2ccc(C)cc2F)cc1. The molecule has 0 fully saturated rings. The molecule has 0 saturated carbocycles. The van der Waals surface area contributed by atoms with E-state index in [0.29, 0.717) is 17.1 Å². The number of hydrogen-bond acceptors (Lipinski definition) is 1. The van der Waals surface area contributed by atoms with Crippen molar-refractivity contribution in [2.45, 2.75) is 13.8 Å². The van der Waals surface area contributed by atoms with E-state index < -0.39 is 5.82 Å². The van der Waals surface area contributed by atoms with E-state index >= 15 is 0 Å². The van der Waals surface area contributed by atoms with E-state index in [2.05, 4.69) is 0 Å². The number of halogens is 2. The Morgan fingerprint density at radius 3 is 1.91 bits per heavy atom. The third-order valence-electron chi connectivity index (χ3n) is 3.73. The minimum absolute atomic E-state index is 0.319. The van der Waals surface area contributed by atoms with Gasteiger partial charge in [-0.2, -0.15) is 0 Å². The molecule has 0 N–H and O–H groups in total. The molecular weight excluding hydrogens is 292 g/mol. The van der Waals surface area contributed by atoms with Gasteiger partial charge in [0.05, 0.1) is 11.4 Å². The van der Waals surface area contributed by atoms with E-state index in [-0.39, 0.29) is 5.82 Å². The van der Waals surface area contributed by atoms with E-state index in [0.717, 1.165) is 11.1 Å². The van der Waals surface area contributed by atoms with Crippen molar-refractivity contribution in [1.29, 1.82) is 0 Å². The maximum atomic E-state index is 14.5. The van der Waals surface area contributed by atoms with Gasteiger partial charge < -0.3 is 4.90 Å². The Labute approximate surface area is 134 Å². The molecule has 0 aliphatic rings. The second kappa shape index (κ2) is 6.21. The molecule has 3 heteroatoms. The molecule has 23 heavy (non-hydrogen) atoms. The van der Waals surface area contributed by atoms with Crippen molar-refractivity contribution in [2.75, 3.05) is 4.90 Å². The number of nitrogens with zero attached hydrogens (tertiary/aromatic N) is 1. The van der Waals surface area contributed by atoms with Gasteiger partial charge in [0.2, 0.25) is 0 Å². The molecule has 0 heterocycles. The molecule has 3 aromatic carbocycles. The Morgan fingerprint density at radius 2 is 1.26 bits per heavy atom. The van der Waals surface area contributed by atoms with Gasteiger partial charge in [-0.1, -0.05) is 35.9 Å². The third-order valence-corrected chi connectivity index (χ3v) is 3.73. The fourth-order valence-electron chi connectivity index (χ4n) is 2.53. The summed E-state index contributed by atoms with van der Waals surface area (Å²) in [6, 6.07) is 18.9. The summed E-state index contributed by atoms with van der Waals surface area (Å²) in [6.45, 7) is 3.80. The van der Waals surface area contributed by atoms with Crippen molar-refractivity contribution in [1.82, 2.24) is 0 Å². The van der Waals surface area contributed by atoms with E-state index in [1.807, 2.05) is 44.2 Å². The molecular formula is C20H17F2N. The second-order valence-corrected chi connectivity index (χ2v) is 5.58. The van der Waals surface area contributed by atoms with Gasteiger partial charge in [-0.3, -0.25) is 0 Å². The highest BCUT2D eigenvalue weighted by Gasteiger charge is 2.18. The molecule has 116 valence electrons. The lowest BCUT2D eigenvalue weighted by atomic mass is 10.1. The Morgan fingerprint density at radius 1 is 0.652 bits per heavy atom. The first-order valence-corrected chi connectivity index (χ1v) is 7.44. The summed E-state index contributed by atoms with van der Waals surface area (Å²) in [7, 11) is 0. The Hall–Kier alpha value is -2.68. The van der Waals surface area contributed by atoms with Gasteiger partial charge in [0.15, 0.2) is 0 Å². The topological polar surface area (TPSA) is 3.24 Å². The van der Waals surface area contributed by atoms with Crippen LogP contribution in [0.3, 0.4) is 0 Å². The van der Waals surface area contributed by atoms with Crippen LogP contribution < -0.4 is 4.90 Å². The van der Waals surface area contributed by atoms with Crippen LogP contribution in [0.4, 0.5) is 25.8 Å². The summed E-state index contributed by atoms with van der Waals surface area (Å²) in [5, 5.41) is 0. The molecule has 0 radical (unpaired) electrons. The lowest BCUT2D eigenvalue weighted by Crippen LogP contribution is -2.13. The van der Waals surface area contributed by atoms with Crippen LogP contribution in [0, 0.1) is 25.5 Å². The number of hydrogen-bond donors (Lipinski definition) is 0. The molecule has 0 aliphatic carbocycles. The summed E-state index contributed by atoms with van der Waals surface area (Å²) < 4.78 is 28.9. The highest BCUT2D eigenvalue weighted by molar-refractivity contribution is 5.77. The van der Waals surface area contributed by atoms with Gasteiger partial charge >= 0.3 is 0 Å². The summed E-state index contributed by atoms with van der Waals surface area (Å²) in [5.74, 6) is -0.776. The van der Waals surface area contributed by atoms with Crippen LogP contribution in [0.5, 0.6) is 0 Å². The van der Waals surface area contributed by atoms with Gasteiger partial charge in [-0.15, -0.1) is 0 Å². The Balaban J connectivity index is 2.21. The molecule has 0 spiro atoms. The summed E-state index contributed by atoms with van der Waals surface area (Å²) >= 11 is 0. The summed E-state index contributed by atoms with van der Waals surface area (Å²) in [5.41, 5.74) is 3.27. The van der Waals surface area contributed by atoms with Crippen LogP contribution >= 0.6 is 0 Å². The van der Waals surface area contributed by atoms with Crippen LogP contribution in [0.25, 0.3) is 0 Å². The maximum absolute atomic E-state index is 14.5. The molecule has 0 saturated heterocycles. The number of benzene rings is 3. The molecule has 0 aromatic heterocycles. The number of anilines is 3. The monoisotopic (exact) mass is 309 g/mol. The van der Waals surface area contributed by atoms with Gasteiger partial charge in [0.1, 0.15) is 11.6 Å². The molecule has 1 nitrogen and oxygen atoms in total. The lowest BCUT2D eigenvalue weighted by molar-refractivity contribution is 0.619. The zero-order valence-electron chi connectivity index (χ0n) is 13.1. The van der Waals surface area contributed by atoms with E-state index in [1.165, 1.54) is 12.1 Å². The summed E-state index contributed by atoms with van der Waals surface area (Å²) in [6.07, 6.45) is 0. The van der Waals surface area contributed by atoms with Crippen LogP contribution in [-0.4, -0.2) is 0 Å². The van der Waals surface area contributed by atoms with Crippen LogP contribution in [0.2, 0.25) is 0 Å². The fourth-order valence-corrected chi connectivity index (χ4v) is 2.53. The van der Waals surface area contributed by atoms with E-state index in [9.17, 15) is 8.78 Å². The molecule has 3 aromatic rings. The minimum atomic E-state index is -0.395. The van der Waals surface area contributed by atoms with Crippen molar-refractivity contribution < 1.29 is 8.78 Å². The second-order valence-electron chi connectivity index (χ2n) is 5.58. The highest BCUT2D eigenvalue weighted by atomic mass is 19.1. The smallest absolute Gasteiger partial charge is 0.147 e. The van der Waals surface area contributed by atoms with E-state index in [1.54, 1.807) is 29.2 Å². The van der Waals surface area contributed by atoms with Crippen molar-refractivity contribution in [2.24, 2.45) is 0 Å². The van der Waals surface area contributed by atoms with Crippen molar-refractivity contribution in [3.63, 3.8) is 0 Å². The quantitative estimate of drug-likeness (QED) is 0.569. The van der Waals surface area contributed by atoms with Gasteiger partial charge in [0, 0.05) is 5.69 Å². The lowest BCUT2D eigenvalue weighted by Gasteiger charge is -2.26. The predicted octanol–water partition coefficient (Wildman–Crippen LogP) is 6.05. The highest BCUT2D eigenvalue weighted by Crippen LogP contribution is 2.37. The first-order chi connectivity index (χ1) is 11.1. The van der Waals surface area contributed by atoms with Gasteiger partial charge in [-0.25, -0.2) is 8.78 Å². The van der Waals surface area contributed by atoms with Crippen LogP contribution in [0.1, 0.15) is 11.1 Å². The van der Waals surface area contributed by atoms with Crippen molar-refractivity contribution in [3.8, 4) is 0 Å². The number of aryl methyl sites for hydroxylation is 2. The van der Waals surface area contributed by atoms with Crippen molar-refractivity contribution in [3.05, 3.63) is 89.5 Å². The van der Waals surface area contributed by atoms with Crippen molar-refractivity contribution >= 4 is 17.1 Å². The maximum Gasteiger partial charge on any atom is 0.147 e. The predicted molar refractivity (Wildman–Crippen MR) is 90.5 cm³/mol. The number of rotatable bonds is 3. The largest absolute Gasteiger partial charge is 0.305 e. The fraction of sp³-hybridized carbons (Fsp3) is 0.100. The number of para-hydroxylation sites is 1. The zero-order chi connectivity index (χ0) is 16.4. The van der Waals surface area contributed by atoms with Gasteiger partial charge in [-0.05, 0) is 55.8 Å².